The van der Waals surface area contributed by atoms with Gasteiger partial charge in [-0.15, -0.1) is 0 Å². The Morgan fingerprint density at radius 1 is 1.24 bits per heavy atom. The molecular weight excluding hydrogens is 260 g/mol. The van der Waals surface area contributed by atoms with Gasteiger partial charge in [-0.2, -0.15) is 0 Å². The Labute approximate surface area is 126 Å². The Kier molecular flexibility index (Phi) is 3.26. The van der Waals surface area contributed by atoms with Crippen LogP contribution in [0.4, 0.5) is 0 Å². The molecule has 1 aromatic carbocycles. The van der Waals surface area contributed by atoms with Crippen LogP contribution in [0.5, 0.6) is 0 Å². The molecule has 4 rings (SSSR count). The van der Waals surface area contributed by atoms with Crippen LogP contribution in [0.3, 0.4) is 0 Å². The number of carbonyl (C=O) groups excluding carboxylic acids is 1. The number of hydrogen-bond acceptors (Lipinski definition) is 2. The van der Waals surface area contributed by atoms with Crippen molar-refractivity contribution in [1.82, 2.24) is 10.6 Å². The van der Waals surface area contributed by atoms with E-state index in [1.54, 1.807) is 0 Å². The van der Waals surface area contributed by atoms with Crippen LogP contribution in [0, 0.1) is 11.3 Å². The molecule has 3 aliphatic rings. The lowest BCUT2D eigenvalue weighted by Gasteiger charge is -2.28. The first kappa shape index (κ1) is 13.3. The molecule has 21 heavy (non-hydrogen) atoms. The Hall–Kier alpha value is -1.35. The molecule has 1 spiro atoms. The van der Waals surface area contributed by atoms with Gasteiger partial charge in [0.15, 0.2) is 0 Å². The maximum Gasteiger partial charge on any atom is 0.224 e. The van der Waals surface area contributed by atoms with E-state index in [0.717, 1.165) is 32.4 Å². The van der Waals surface area contributed by atoms with Crippen molar-refractivity contribution >= 4 is 5.91 Å². The second-order valence-electron chi connectivity index (χ2n) is 7.02. The minimum absolute atomic E-state index is 0.238. The zero-order chi connectivity index (χ0) is 14.3. The van der Waals surface area contributed by atoms with Gasteiger partial charge < -0.3 is 10.6 Å². The molecule has 3 nitrogen and oxygen atoms in total. The van der Waals surface area contributed by atoms with Crippen molar-refractivity contribution in [3.63, 3.8) is 0 Å². The molecule has 2 fully saturated rings. The summed E-state index contributed by atoms with van der Waals surface area (Å²) in [6, 6.07) is 8.83. The highest BCUT2D eigenvalue weighted by Gasteiger charge is 2.57. The second-order valence-corrected chi connectivity index (χ2v) is 7.02. The van der Waals surface area contributed by atoms with Gasteiger partial charge in [0.1, 0.15) is 0 Å². The fraction of sp³-hybridized carbons (Fsp3) is 0.611. The number of carbonyl (C=O) groups is 1. The van der Waals surface area contributed by atoms with E-state index in [1.807, 2.05) is 0 Å². The Bertz CT molecular complexity index is 548. The summed E-state index contributed by atoms with van der Waals surface area (Å²) in [6.07, 6.45) is 6.88. The topological polar surface area (TPSA) is 41.1 Å². The van der Waals surface area contributed by atoms with Gasteiger partial charge >= 0.3 is 0 Å². The first-order valence-corrected chi connectivity index (χ1v) is 8.37. The van der Waals surface area contributed by atoms with E-state index in [0.29, 0.717) is 11.3 Å². The van der Waals surface area contributed by atoms with E-state index in [1.165, 1.54) is 30.4 Å². The van der Waals surface area contributed by atoms with Gasteiger partial charge in [-0.25, -0.2) is 0 Å². The summed E-state index contributed by atoms with van der Waals surface area (Å²) in [4.78, 5) is 12.6. The molecule has 0 radical (unpaired) electrons. The molecule has 3 heteroatoms. The van der Waals surface area contributed by atoms with Crippen molar-refractivity contribution in [3.8, 4) is 0 Å². The third-order valence-electron chi connectivity index (χ3n) is 5.79. The molecule has 1 heterocycles. The Morgan fingerprint density at radius 2 is 2.05 bits per heavy atom. The van der Waals surface area contributed by atoms with Crippen molar-refractivity contribution in [1.29, 1.82) is 0 Å². The standard InChI is InChI=1S/C18H24N2O/c21-17(15-12-18(15)8-10-19-11-9-18)20-16-7-3-5-13-4-1-2-6-14(13)16/h1-2,4,6,15-16,19H,3,5,7-12H2,(H,20,21). The predicted octanol–water partition coefficient (Wildman–Crippen LogP) is 2.57. The summed E-state index contributed by atoms with van der Waals surface area (Å²) < 4.78 is 0. The van der Waals surface area contributed by atoms with Crippen molar-refractivity contribution < 1.29 is 4.79 Å². The van der Waals surface area contributed by atoms with Gasteiger partial charge in [0, 0.05) is 5.92 Å². The number of hydrogen-bond donors (Lipinski definition) is 2. The van der Waals surface area contributed by atoms with Gasteiger partial charge in [0.05, 0.1) is 6.04 Å². The smallest absolute Gasteiger partial charge is 0.224 e. The van der Waals surface area contributed by atoms with Crippen LogP contribution >= 0.6 is 0 Å². The zero-order valence-corrected chi connectivity index (χ0v) is 12.5. The van der Waals surface area contributed by atoms with Crippen LogP contribution in [0.2, 0.25) is 0 Å². The average molecular weight is 284 g/mol. The van der Waals surface area contributed by atoms with Crippen molar-refractivity contribution in [3.05, 3.63) is 35.4 Å². The minimum Gasteiger partial charge on any atom is -0.349 e. The lowest BCUT2D eigenvalue weighted by Crippen LogP contribution is -2.36. The molecular formula is C18H24N2O. The van der Waals surface area contributed by atoms with Crippen molar-refractivity contribution in [2.24, 2.45) is 11.3 Å². The average Bonchev–Trinajstić information content (AvgIpc) is 3.22. The third-order valence-corrected chi connectivity index (χ3v) is 5.79. The molecule has 1 aromatic rings. The molecule has 0 bridgehead atoms. The van der Waals surface area contributed by atoms with Crippen LogP contribution in [0.25, 0.3) is 0 Å². The molecule has 1 aliphatic heterocycles. The number of nitrogens with one attached hydrogen (secondary N) is 2. The van der Waals surface area contributed by atoms with Crippen molar-refractivity contribution in [2.75, 3.05) is 13.1 Å². The molecule has 112 valence electrons. The lowest BCUT2D eigenvalue weighted by atomic mass is 9.87. The number of benzene rings is 1. The molecule has 2 N–H and O–H groups in total. The van der Waals surface area contributed by atoms with E-state index in [-0.39, 0.29) is 12.0 Å². The van der Waals surface area contributed by atoms with Gasteiger partial charge in [-0.05, 0) is 68.2 Å². The zero-order valence-electron chi connectivity index (χ0n) is 12.5. The van der Waals surface area contributed by atoms with Gasteiger partial charge in [-0.3, -0.25) is 4.79 Å². The normalized spacial score (nSPS) is 29.7. The molecule has 1 saturated heterocycles. The quantitative estimate of drug-likeness (QED) is 0.876. The van der Waals surface area contributed by atoms with Crippen LogP contribution in [0.15, 0.2) is 24.3 Å². The minimum atomic E-state index is 0.238. The summed E-state index contributed by atoms with van der Waals surface area (Å²) in [6.45, 7) is 2.16. The SMILES string of the molecule is O=C(NC1CCCc2ccccc21)C1CC12CCNCC2. The summed E-state index contributed by atoms with van der Waals surface area (Å²) >= 11 is 0. The van der Waals surface area contributed by atoms with E-state index in [4.69, 9.17) is 0 Å². The summed E-state index contributed by atoms with van der Waals surface area (Å²) in [7, 11) is 0. The molecule has 2 aliphatic carbocycles. The monoisotopic (exact) mass is 284 g/mol. The van der Waals surface area contributed by atoms with Gasteiger partial charge in [0.2, 0.25) is 5.91 Å². The number of amides is 1. The van der Waals surface area contributed by atoms with Crippen LogP contribution in [-0.4, -0.2) is 19.0 Å². The van der Waals surface area contributed by atoms with Crippen LogP contribution in [-0.2, 0) is 11.2 Å². The summed E-state index contributed by atoms with van der Waals surface area (Å²) in [5.41, 5.74) is 3.10. The Morgan fingerprint density at radius 3 is 2.90 bits per heavy atom. The molecule has 2 atom stereocenters. The highest BCUT2D eigenvalue weighted by atomic mass is 16.2. The van der Waals surface area contributed by atoms with Crippen molar-refractivity contribution in [2.45, 2.75) is 44.6 Å². The van der Waals surface area contributed by atoms with E-state index >= 15 is 0 Å². The van der Waals surface area contributed by atoms with E-state index in [2.05, 4.69) is 34.9 Å². The molecule has 0 aromatic heterocycles. The number of fused-ring (bicyclic) bond motifs is 1. The maximum absolute atomic E-state index is 12.6. The Balaban J connectivity index is 1.44. The molecule has 1 amide bonds. The first-order chi connectivity index (χ1) is 10.3. The largest absolute Gasteiger partial charge is 0.349 e. The highest BCUT2D eigenvalue weighted by Crippen LogP contribution is 2.58. The van der Waals surface area contributed by atoms with Gasteiger partial charge in [0.25, 0.3) is 0 Å². The lowest BCUT2D eigenvalue weighted by molar-refractivity contribution is -0.124. The number of aryl methyl sites for hydroxylation is 1. The van der Waals surface area contributed by atoms with Crippen LogP contribution in [0.1, 0.15) is 49.3 Å². The van der Waals surface area contributed by atoms with E-state index in [9.17, 15) is 4.79 Å². The second kappa shape index (κ2) is 5.13. The first-order valence-electron chi connectivity index (χ1n) is 8.37. The number of rotatable bonds is 2. The summed E-state index contributed by atoms with van der Waals surface area (Å²) in [5, 5.41) is 6.75. The molecule has 1 saturated carbocycles. The highest BCUT2D eigenvalue weighted by molar-refractivity contribution is 5.83. The maximum atomic E-state index is 12.6. The summed E-state index contributed by atoms with van der Waals surface area (Å²) in [5.74, 6) is 0.576. The molecule has 2 unspecified atom stereocenters. The predicted molar refractivity (Wildman–Crippen MR) is 82.9 cm³/mol. The van der Waals surface area contributed by atoms with Gasteiger partial charge in [-0.1, -0.05) is 24.3 Å². The fourth-order valence-corrected chi connectivity index (χ4v) is 4.37. The number of piperidine rings is 1. The third kappa shape index (κ3) is 2.38. The van der Waals surface area contributed by atoms with E-state index < -0.39 is 0 Å². The van der Waals surface area contributed by atoms with Crippen LogP contribution < -0.4 is 10.6 Å². The fourth-order valence-electron chi connectivity index (χ4n) is 4.37.